The van der Waals surface area contributed by atoms with Crippen LogP contribution in [0.3, 0.4) is 0 Å². The van der Waals surface area contributed by atoms with Crippen molar-refractivity contribution >= 4 is 35.6 Å². The fourth-order valence-electron chi connectivity index (χ4n) is 9.94. The number of carbonyl (C=O) groups is 6. The molecule has 22 nitrogen and oxygen atoms in total. The minimum Gasteiger partial charge on any atom is -0.492 e. The van der Waals surface area contributed by atoms with Gasteiger partial charge in [-0.2, -0.15) is 0 Å². The van der Waals surface area contributed by atoms with E-state index in [0.717, 1.165) is 21.8 Å². The van der Waals surface area contributed by atoms with Gasteiger partial charge in [0, 0.05) is 93.6 Å². The first-order chi connectivity index (χ1) is 32.2. The molecule has 4 atom stereocenters. The highest BCUT2D eigenvalue weighted by Gasteiger charge is 2.73. The molecule has 1 saturated heterocycles. The molecule has 7 rings (SSSR count). The Kier molecular flexibility index (Phi) is 15.0. The molecule has 67 heavy (non-hydrogen) atoms. The maximum Gasteiger partial charge on any atom is 0.415 e. The Balaban J connectivity index is 0.935. The standard InChI is InChI=1S/C45H56N8O14/c1-6-14-52-15-11-44-36-28-7-8-32(39(36)67-40(44)30(54)9-10-45(44,60)34(52)24-28)66-43(59)51(4)17-16-50(3)42(58)65-26-29-27(2)53(37-31(55)25-33(61-5)38(56)35(29)37)41(57)47-12-18-62-20-22-64-23-21-63-19-13-48-49-46/h6-8,25,34,40,60H,1,9-24,26H2,2-5H3,(H,47,57)/t34-,40+,44+,45-/m1/s1. The SMILES string of the molecule is C=CCN1CC[C@]23c4c5ccc(OC(=O)N(C)CCN(C)C(=O)OCc6c7c(n(C(=O)NCCOCCOCCOCCN=[N+]=[N-])c6C)C(=O)C=C(OC)C7=O)c4O[C@H]2C(=O)CC[C@@]3(O)[C@H]1C5. The van der Waals surface area contributed by atoms with Gasteiger partial charge in [0.2, 0.25) is 11.6 Å². The molecule has 2 N–H and O–H groups in total. The second kappa shape index (κ2) is 20.7. The molecule has 360 valence electrons. The minimum absolute atomic E-state index is 0.00406. The third kappa shape index (κ3) is 9.11. The lowest BCUT2D eigenvalue weighted by atomic mass is 9.49. The number of Topliss-reactive ketones (excluding diaryl/α,β-unsaturated/α-hetero) is 2. The number of benzene rings is 1. The summed E-state index contributed by atoms with van der Waals surface area (Å²) < 4.78 is 40.2. The molecule has 2 bridgehead atoms. The van der Waals surface area contributed by atoms with Gasteiger partial charge in [0.1, 0.15) is 12.3 Å². The number of fused-ring (bicyclic) bond motifs is 1. The number of azide groups is 1. The summed E-state index contributed by atoms with van der Waals surface area (Å²) >= 11 is 0. The molecule has 1 aromatic heterocycles. The van der Waals surface area contributed by atoms with Crippen LogP contribution in [0.4, 0.5) is 14.4 Å². The fourth-order valence-corrected chi connectivity index (χ4v) is 9.94. The van der Waals surface area contributed by atoms with Crippen molar-refractivity contribution in [3.63, 3.8) is 0 Å². The third-order valence-electron chi connectivity index (χ3n) is 13.2. The Bertz CT molecular complexity index is 2390. The van der Waals surface area contributed by atoms with Crippen molar-refractivity contribution < 1.29 is 67.0 Å². The first kappa shape index (κ1) is 48.6. The van der Waals surface area contributed by atoms with E-state index in [2.05, 4.69) is 26.8 Å². The van der Waals surface area contributed by atoms with E-state index in [1.807, 2.05) is 12.1 Å². The van der Waals surface area contributed by atoms with Crippen molar-refractivity contribution in [2.45, 2.75) is 62.4 Å². The summed E-state index contributed by atoms with van der Waals surface area (Å²) in [5, 5.41) is 18.5. The number of methoxy groups -OCH3 is 1. The van der Waals surface area contributed by atoms with Gasteiger partial charge in [-0.1, -0.05) is 17.3 Å². The van der Waals surface area contributed by atoms with Crippen LogP contribution in [0.5, 0.6) is 11.5 Å². The van der Waals surface area contributed by atoms with Crippen LogP contribution in [0.1, 0.15) is 62.5 Å². The number of ether oxygens (including phenoxy) is 7. The zero-order chi connectivity index (χ0) is 48.0. The van der Waals surface area contributed by atoms with Gasteiger partial charge >= 0.3 is 18.2 Å². The van der Waals surface area contributed by atoms with Gasteiger partial charge in [0.05, 0.1) is 63.3 Å². The Morgan fingerprint density at radius 3 is 2.45 bits per heavy atom. The molecule has 2 fully saturated rings. The number of allylic oxidation sites excluding steroid dienone is 2. The van der Waals surface area contributed by atoms with Crippen LogP contribution in [-0.2, 0) is 46.9 Å². The Hall–Kier alpha value is -6.29. The summed E-state index contributed by atoms with van der Waals surface area (Å²) in [6.45, 7) is 7.98. The Morgan fingerprint density at radius 1 is 1.04 bits per heavy atom. The number of likely N-dealkylation sites (tertiary alicyclic amines) is 1. The number of ketones is 3. The average molecular weight is 933 g/mol. The number of rotatable bonds is 21. The number of likely N-dealkylation sites (N-methyl/N-ethyl adjacent to an activating group) is 2. The summed E-state index contributed by atoms with van der Waals surface area (Å²) in [4.78, 5) is 87.9. The molecule has 3 amide bonds. The summed E-state index contributed by atoms with van der Waals surface area (Å²) in [6, 6.07) is 2.57. The molecule has 2 aromatic rings. The number of piperidine rings is 1. The van der Waals surface area contributed by atoms with E-state index in [4.69, 9.17) is 38.7 Å². The van der Waals surface area contributed by atoms with Crippen LogP contribution in [0, 0.1) is 6.92 Å². The second-order valence-corrected chi connectivity index (χ2v) is 16.9. The minimum atomic E-state index is -1.22. The Labute approximate surface area is 386 Å². The van der Waals surface area contributed by atoms with Crippen molar-refractivity contribution in [2.24, 2.45) is 5.11 Å². The van der Waals surface area contributed by atoms with E-state index in [1.54, 1.807) is 6.07 Å². The van der Waals surface area contributed by atoms with Crippen LogP contribution in [0.25, 0.3) is 10.4 Å². The van der Waals surface area contributed by atoms with E-state index in [-0.39, 0.29) is 105 Å². The highest BCUT2D eigenvalue weighted by Crippen LogP contribution is 2.65. The van der Waals surface area contributed by atoms with E-state index in [9.17, 15) is 33.9 Å². The smallest absolute Gasteiger partial charge is 0.415 e. The lowest BCUT2D eigenvalue weighted by molar-refractivity contribution is -0.187. The molecular weight excluding hydrogens is 877 g/mol. The summed E-state index contributed by atoms with van der Waals surface area (Å²) in [5.74, 6) is -1.25. The van der Waals surface area contributed by atoms with Crippen molar-refractivity contribution in [1.82, 2.24) is 24.6 Å². The van der Waals surface area contributed by atoms with Gasteiger partial charge in [0.15, 0.2) is 29.1 Å². The van der Waals surface area contributed by atoms with Gasteiger partial charge in [0.25, 0.3) is 0 Å². The number of hydrogen-bond donors (Lipinski definition) is 2. The number of amides is 3. The molecule has 2 aliphatic heterocycles. The topological polar surface area (TPSA) is 263 Å². The van der Waals surface area contributed by atoms with Crippen molar-refractivity contribution in [3.8, 4) is 11.5 Å². The van der Waals surface area contributed by atoms with E-state index >= 15 is 0 Å². The number of nitrogens with one attached hydrogen (secondary N) is 1. The van der Waals surface area contributed by atoms with Crippen LogP contribution in [0.2, 0.25) is 0 Å². The van der Waals surface area contributed by atoms with E-state index in [0.29, 0.717) is 51.3 Å². The van der Waals surface area contributed by atoms with Gasteiger partial charge in [-0.15, -0.1) is 6.58 Å². The predicted octanol–water partition coefficient (Wildman–Crippen LogP) is 3.23. The zero-order valence-corrected chi connectivity index (χ0v) is 38.1. The maximum atomic E-state index is 13.5. The number of hydrogen-bond acceptors (Lipinski definition) is 16. The molecular formula is C45H56N8O14. The molecule has 1 saturated carbocycles. The first-order valence-corrected chi connectivity index (χ1v) is 22.1. The number of carbonyl (C=O) groups excluding carboxylic acids is 6. The first-order valence-electron chi connectivity index (χ1n) is 22.1. The average Bonchev–Trinajstić information content (AvgIpc) is 3.83. The van der Waals surface area contributed by atoms with Crippen LogP contribution in [-0.4, -0.2) is 178 Å². The summed E-state index contributed by atoms with van der Waals surface area (Å²) in [6.07, 6.45) is 1.84. The lowest BCUT2D eigenvalue weighted by Gasteiger charge is -2.62. The zero-order valence-electron chi connectivity index (χ0n) is 38.1. The van der Waals surface area contributed by atoms with E-state index < -0.39 is 53.5 Å². The lowest BCUT2D eigenvalue weighted by Crippen LogP contribution is -2.76. The highest BCUT2D eigenvalue weighted by atomic mass is 16.6. The molecule has 22 heteroatoms. The Morgan fingerprint density at radius 2 is 1.75 bits per heavy atom. The van der Waals surface area contributed by atoms with Crippen molar-refractivity contribution in [1.29, 1.82) is 0 Å². The molecule has 3 aliphatic carbocycles. The van der Waals surface area contributed by atoms with Crippen LogP contribution >= 0.6 is 0 Å². The van der Waals surface area contributed by atoms with Gasteiger partial charge in [-0.05, 0) is 43.3 Å². The third-order valence-corrected chi connectivity index (χ3v) is 13.2. The number of aromatic nitrogens is 1. The number of nitrogens with zero attached hydrogens (tertiary/aromatic N) is 7. The predicted molar refractivity (Wildman–Crippen MR) is 235 cm³/mol. The molecule has 5 aliphatic rings. The van der Waals surface area contributed by atoms with E-state index in [1.165, 1.54) is 37.9 Å². The number of aliphatic hydroxyl groups is 1. The van der Waals surface area contributed by atoms with Crippen LogP contribution < -0.4 is 14.8 Å². The highest BCUT2D eigenvalue weighted by molar-refractivity contribution is 6.25. The second-order valence-electron chi connectivity index (χ2n) is 16.9. The van der Waals surface area contributed by atoms with Gasteiger partial charge in [-0.25, -0.2) is 14.4 Å². The normalized spacial score (nSPS) is 22.1. The molecule has 1 aromatic carbocycles. The summed E-state index contributed by atoms with van der Waals surface area (Å²) in [7, 11) is 4.18. The molecule has 0 unspecified atom stereocenters. The fraction of sp³-hybridized carbons (Fsp3) is 0.556. The molecule has 1 spiro atoms. The quantitative estimate of drug-likeness (QED) is 0.0599. The van der Waals surface area contributed by atoms with Crippen molar-refractivity contribution in [2.75, 3.05) is 100 Å². The van der Waals surface area contributed by atoms with Gasteiger partial charge < -0.3 is 53.4 Å². The largest absolute Gasteiger partial charge is 0.492 e. The molecule has 0 radical (unpaired) electrons. The maximum absolute atomic E-state index is 13.5. The van der Waals surface area contributed by atoms with Crippen LogP contribution in [0.15, 0.2) is 41.7 Å². The molecule has 3 heterocycles. The van der Waals surface area contributed by atoms with Gasteiger partial charge in [-0.3, -0.25) is 23.9 Å². The summed E-state index contributed by atoms with van der Waals surface area (Å²) in [5.41, 5.74) is 7.71. The van der Waals surface area contributed by atoms with Crippen molar-refractivity contribution in [3.05, 3.63) is 80.7 Å². The monoisotopic (exact) mass is 932 g/mol.